The van der Waals surface area contributed by atoms with E-state index in [0.29, 0.717) is 11.5 Å². The zero-order valence-electron chi connectivity index (χ0n) is 15.7. The van der Waals surface area contributed by atoms with Crippen molar-refractivity contribution < 1.29 is 4.74 Å². The standard InChI is InChI=1S/C19H25N7O/c1-24-18(14-25-7-9-27-10-8-25)22-23-19(24)16-3-2-6-26(13-16)17-5-4-15(11-20)12-21-17/h4-5,12,16H,2-3,6-10,13-14H2,1H3. The molecule has 2 aromatic rings. The molecule has 0 spiro atoms. The quantitative estimate of drug-likeness (QED) is 0.805. The Hall–Kier alpha value is -2.50. The van der Waals surface area contributed by atoms with E-state index >= 15 is 0 Å². The number of ether oxygens (including phenoxy) is 1. The van der Waals surface area contributed by atoms with Crippen molar-refractivity contribution in [3.05, 3.63) is 35.5 Å². The first-order valence-electron chi connectivity index (χ1n) is 9.54. The molecule has 8 heteroatoms. The van der Waals surface area contributed by atoms with E-state index in [9.17, 15) is 0 Å². The molecule has 1 unspecified atom stereocenters. The van der Waals surface area contributed by atoms with Crippen LogP contribution < -0.4 is 4.90 Å². The predicted octanol–water partition coefficient (Wildman–Crippen LogP) is 1.30. The Balaban J connectivity index is 1.45. The largest absolute Gasteiger partial charge is 0.379 e. The molecule has 8 nitrogen and oxygen atoms in total. The summed E-state index contributed by atoms with van der Waals surface area (Å²) < 4.78 is 7.59. The Labute approximate surface area is 159 Å². The number of rotatable bonds is 4. The van der Waals surface area contributed by atoms with Crippen LogP contribution in [-0.2, 0) is 18.3 Å². The van der Waals surface area contributed by atoms with Gasteiger partial charge in [0.25, 0.3) is 0 Å². The lowest BCUT2D eigenvalue weighted by molar-refractivity contribution is 0.0326. The van der Waals surface area contributed by atoms with Gasteiger partial charge in [0.15, 0.2) is 0 Å². The van der Waals surface area contributed by atoms with Gasteiger partial charge in [0.05, 0.1) is 25.3 Å². The second-order valence-corrected chi connectivity index (χ2v) is 7.22. The highest BCUT2D eigenvalue weighted by atomic mass is 16.5. The molecule has 2 aliphatic heterocycles. The summed E-state index contributed by atoms with van der Waals surface area (Å²) in [5, 5.41) is 17.9. The molecule has 4 heterocycles. The number of piperidine rings is 1. The zero-order valence-corrected chi connectivity index (χ0v) is 15.7. The second-order valence-electron chi connectivity index (χ2n) is 7.22. The van der Waals surface area contributed by atoms with Gasteiger partial charge in [0.1, 0.15) is 23.5 Å². The van der Waals surface area contributed by atoms with Gasteiger partial charge in [0.2, 0.25) is 0 Å². The topological polar surface area (TPSA) is 83.1 Å². The molecule has 142 valence electrons. The van der Waals surface area contributed by atoms with Crippen LogP contribution in [0.2, 0.25) is 0 Å². The molecule has 0 aromatic carbocycles. The van der Waals surface area contributed by atoms with Gasteiger partial charge in [-0.25, -0.2) is 4.98 Å². The third-order valence-electron chi connectivity index (χ3n) is 5.45. The van der Waals surface area contributed by atoms with Crippen LogP contribution in [0.5, 0.6) is 0 Å². The average Bonchev–Trinajstić information content (AvgIpc) is 3.09. The van der Waals surface area contributed by atoms with Crippen molar-refractivity contribution in [3.63, 3.8) is 0 Å². The van der Waals surface area contributed by atoms with E-state index in [1.54, 1.807) is 6.20 Å². The van der Waals surface area contributed by atoms with Crippen LogP contribution in [0, 0.1) is 11.3 Å². The highest BCUT2D eigenvalue weighted by Crippen LogP contribution is 2.28. The van der Waals surface area contributed by atoms with E-state index in [4.69, 9.17) is 10.00 Å². The number of nitriles is 1. The van der Waals surface area contributed by atoms with Crippen molar-refractivity contribution in [3.8, 4) is 6.07 Å². The fraction of sp³-hybridized carbons (Fsp3) is 0.579. The summed E-state index contributed by atoms with van der Waals surface area (Å²) >= 11 is 0. The number of hydrogen-bond acceptors (Lipinski definition) is 7. The summed E-state index contributed by atoms with van der Waals surface area (Å²) in [6.45, 7) is 6.16. The fourth-order valence-corrected chi connectivity index (χ4v) is 3.86. The van der Waals surface area contributed by atoms with E-state index in [1.807, 2.05) is 12.1 Å². The summed E-state index contributed by atoms with van der Waals surface area (Å²) in [5.41, 5.74) is 0.591. The fourth-order valence-electron chi connectivity index (χ4n) is 3.86. The summed E-state index contributed by atoms with van der Waals surface area (Å²) in [5.74, 6) is 3.33. The van der Waals surface area contributed by atoms with E-state index in [0.717, 1.165) is 76.2 Å². The van der Waals surface area contributed by atoms with Gasteiger partial charge < -0.3 is 14.2 Å². The Bertz CT molecular complexity index is 804. The maximum Gasteiger partial charge on any atom is 0.146 e. The lowest BCUT2D eigenvalue weighted by atomic mass is 9.97. The molecule has 0 aliphatic carbocycles. The van der Waals surface area contributed by atoms with Gasteiger partial charge in [-0.3, -0.25) is 4.90 Å². The Morgan fingerprint density at radius 3 is 2.81 bits per heavy atom. The van der Waals surface area contributed by atoms with Crippen LogP contribution in [0.3, 0.4) is 0 Å². The third kappa shape index (κ3) is 3.94. The van der Waals surface area contributed by atoms with Gasteiger partial charge in [-0.1, -0.05) is 0 Å². The molecule has 0 bridgehead atoms. The molecule has 2 aliphatic rings. The first-order chi connectivity index (χ1) is 13.2. The van der Waals surface area contributed by atoms with Crippen molar-refractivity contribution in [2.45, 2.75) is 25.3 Å². The van der Waals surface area contributed by atoms with Gasteiger partial charge >= 0.3 is 0 Å². The number of hydrogen-bond donors (Lipinski definition) is 0. The minimum Gasteiger partial charge on any atom is -0.379 e. The monoisotopic (exact) mass is 367 g/mol. The molecule has 0 N–H and O–H groups in total. The number of nitrogens with zero attached hydrogens (tertiary/aromatic N) is 7. The van der Waals surface area contributed by atoms with Crippen LogP contribution in [0.15, 0.2) is 18.3 Å². The van der Waals surface area contributed by atoms with Crippen LogP contribution in [-0.4, -0.2) is 64.0 Å². The van der Waals surface area contributed by atoms with Crippen LogP contribution in [0.4, 0.5) is 5.82 Å². The highest BCUT2D eigenvalue weighted by Gasteiger charge is 2.27. The summed E-state index contributed by atoms with van der Waals surface area (Å²) in [7, 11) is 2.07. The number of pyridine rings is 1. The summed E-state index contributed by atoms with van der Waals surface area (Å²) in [6.07, 6.45) is 3.84. The van der Waals surface area contributed by atoms with E-state index in [2.05, 4.69) is 42.7 Å². The normalized spacial score (nSPS) is 21.2. The molecular formula is C19H25N7O. The molecule has 0 amide bonds. The lowest BCUT2D eigenvalue weighted by Gasteiger charge is -2.33. The van der Waals surface area contributed by atoms with Gasteiger partial charge in [0, 0.05) is 45.3 Å². The summed E-state index contributed by atoms with van der Waals surface area (Å²) in [4.78, 5) is 9.10. The molecular weight excluding hydrogens is 342 g/mol. The Morgan fingerprint density at radius 2 is 2.07 bits per heavy atom. The lowest BCUT2D eigenvalue weighted by Crippen LogP contribution is -2.37. The Kier molecular flexibility index (Phi) is 5.32. The van der Waals surface area contributed by atoms with Crippen LogP contribution >= 0.6 is 0 Å². The van der Waals surface area contributed by atoms with Gasteiger partial charge in [-0.2, -0.15) is 5.26 Å². The average molecular weight is 367 g/mol. The first-order valence-corrected chi connectivity index (χ1v) is 9.54. The smallest absolute Gasteiger partial charge is 0.146 e. The SMILES string of the molecule is Cn1c(CN2CCOCC2)nnc1C1CCCN(c2ccc(C#N)cn2)C1. The molecule has 2 saturated heterocycles. The van der Waals surface area contributed by atoms with E-state index in [1.165, 1.54) is 0 Å². The molecule has 27 heavy (non-hydrogen) atoms. The van der Waals surface area contributed by atoms with Gasteiger partial charge in [-0.15, -0.1) is 10.2 Å². The minimum absolute atomic E-state index is 0.340. The van der Waals surface area contributed by atoms with E-state index < -0.39 is 0 Å². The molecule has 0 saturated carbocycles. The number of morpholine rings is 1. The molecule has 4 rings (SSSR count). The van der Waals surface area contributed by atoms with Gasteiger partial charge in [-0.05, 0) is 25.0 Å². The Morgan fingerprint density at radius 1 is 1.22 bits per heavy atom. The van der Waals surface area contributed by atoms with Crippen molar-refractivity contribution in [2.24, 2.45) is 7.05 Å². The highest BCUT2D eigenvalue weighted by molar-refractivity contribution is 5.42. The molecule has 2 aromatic heterocycles. The molecule has 1 atom stereocenters. The van der Waals surface area contributed by atoms with Crippen molar-refractivity contribution in [1.29, 1.82) is 5.26 Å². The number of aromatic nitrogens is 4. The zero-order chi connectivity index (χ0) is 18.6. The molecule has 2 fully saturated rings. The molecule has 0 radical (unpaired) electrons. The van der Waals surface area contributed by atoms with Crippen molar-refractivity contribution >= 4 is 5.82 Å². The number of anilines is 1. The minimum atomic E-state index is 0.340. The van der Waals surface area contributed by atoms with Crippen LogP contribution in [0.25, 0.3) is 0 Å². The predicted molar refractivity (Wildman–Crippen MR) is 100 cm³/mol. The maximum atomic E-state index is 8.95. The third-order valence-corrected chi connectivity index (χ3v) is 5.45. The van der Waals surface area contributed by atoms with Crippen LogP contribution in [0.1, 0.15) is 36.0 Å². The second kappa shape index (κ2) is 8.03. The summed E-state index contributed by atoms with van der Waals surface area (Å²) in [6, 6.07) is 5.88. The van der Waals surface area contributed by atoms with Crippen molar-refractivity contribution in [1.82, 2.24) is 24.6 Å². The maximum absolute atomic E-state index is 8.95. The van der Waals surface area contributed by atoms with Crippen molar-refractivity contribution in [2.75, 3.05) is 44.3 Å². The van der Waals surface area contributed by atoms with E-state index in [-0.39, 0.29) is 0 Å². The first kappa shape index (κ1) is 17.9.